The Bertz CT molecular complexity index is 2170. The number of allylic oxidation sites excluding steroid dienone is 1. The molecule has 0 unspecified atom stereocenters. The van der Waals surface area contributed by atoms with Gasteiger partial charge in [0.2, 0.25) is 21.8 Å². The van der Waals surface area contributed by atoms with Crippen molar-refractivity contribution >= 4 is 44.7 Å². The minimum absolute atomic E-state index is 0.0366. The number of nitrogens with one attached hydrogen (secondary N) is 3. The van der Waals surface area contributed by atoms with Crippen LogP contribution in [0.2, 0.25) is 0 Å². The van der Waals surface area contributed by atoms with Crippen LogP contribution in [0.5, 0.6) is 17.2 Å². The van der Waals surface area contributed by atoms with Crippen LogP contribution >= 0.6 is 0 Å². The second kappa shape index (κ2) is 14.5. The fourth-order valence-electron chi connectivity index (χ4n) is 7.82. The lowest BCUT2D eigenvalue weighted by atomic mass is 9.98. The van der Waals surface area contributed by atoms with Crippen LogP contribution in [0.1, 0.15) is 91.2 Å². The van der Waals surface area contributed by atoms with Gasteiger partial charge in [0.1, 0.15) is 35.6 Å². The van der Waals surface area contributed by atoms with Crippen LogP contribution in [0.4, 0.5) is 18.0 Å². The van der Waals surface area contributed by atoms with E-state index >= 15 is 0 Å². The fourth-order valence-corrected chi connectivity index (χ4v) is 9.13. The molecule has 0 bridgehead atoms. The number of benzene rings is 1. The van der Waals surface area contributed by atoms with Gasteiger partial charge in [-0.3, -0.25) is 19.1 Å². The molecule has 1 saturated heterocycles. The number of amides is 4. The summed E-state index contributed by atoms with van der Waals surface area (Å²) in [7, 11) is -2.72. The highest BCUT2D eigenvalue weighted by molar-refractivity contribution is 7.91. The Morgan fingerprint density at radius 2 is 1.81 bits per heavy atom. The average Bonchev–Trinajstić information content (AvgIpc) is 4.03. The molecule has 2 saturated carbocycles. The highest BCUT2D eigenvalue weighted by atomic mass is 32.2. The number of alkyl carbamates (subject to hydrolysis) is 1. The van der Waals surface area contributed by atoms with Gasteiger partial charge in [-0.2, -0.15) is 13.2 Å². The summed E-state index contributed by atoms with van der Waals surface area (Å²) in [5, 5.41) is 5.55. The molecule has 15 nitrogen and oxygen atoms in total. The molecular weight excluding hydrogens is 788 g/mol. The number of nitrogens with zero attached hydrogens (tertiary/aromatic N) is 2. The van der Waals surface area contributed by atoms with Crippen LogP contribution in [0.3, 0.4) is 0 Å². The van der Waals surface area contributed by atoms with Crippen LogP contribution in [-0.2, 0) is 35.3 Å². The van der Waals surface area contributed by atoms with Gasteiger partial charge in [0.15, 0.2) is 22.8 Å². The first kappa shape index (κ1) is 41.4. The number of hydrogen-bond acceptors (Lipinski definition) is 11. The molecule has 5 aliphatic rings. The molecule has 3 N–H and O–H groups in total. The highest BCUT2D eigenvalue weighted by Crippen LogP contribution is 2.51. The second-order valence-corrected chi connectivity index (χ2v) is 19.4. The van der Waals surface area contributed by atoms with E-state index in [2.05, 4.69) is 20.3 Å². The predicted octanol–water partition coefficient (Wildman–Crippen LogP) is 4.66. The lowest BCUT2D eigenvalue weighted by molar-refractivity contribution is -0.145. The SMILES string of the molecule is COc1ccc2nc(C(F)(F)F)c3c(c2c1)OC[C@]1(C[C@H]2C(=O)N[C@]4(C(=O)NS(=O)(=O)C5(C)CC5)C[C@H]4/C=C\CCCCC[C@H](NC(=O)OC(C)(C)C)C(=O)N2C1)O3. The third-order valence-corrected chi connectivity index (χ3v) is 13.6. The molecule has 0 radical (unpaired) electrons. The van der Waals surface area contributed by atoms with Gasteiger partial charge in [-0.05, 0) is 84.4 Å². The number of pyridine rings is 1. The summed E-state index contributed by atoms with van der Waals surface area (Å²) in [6.07, 6.45) is 0.647. The smallest absolute Gasteiger partial charge is 0.437 e. The maximum atomic E-state index is 14.7. The number of halogens is 3. The van der Waals surface area contributed by atoms with Crippen molar-refractivity contribution in [3.63, 3.8) is 0 Å². The number of aromatic nitrogens is 1. The standard InChI is InChI=1S/C39H48F3N5O10S/c1-35(2,3)57-34(51)44-26-12-10-8-6-7-9-11-22-18-38(22,33(50)46-58(52,53)36(4)15-16-36)45-31(48)27-19-37(20-47(27)32(26)49)21-55-28-24-17-23(54-5)13-14-25(24)43-30(29(28)56-37)39(40,41)42/h9,11,13-14,17,22,26-27H,6-8,10,12,15-16,18-21H2,1-5H3,(H,44,51)(H,45,48)(H,46,50)/b11-9-/t22-,26+,27+,37-,38-/m1/s1. The largest absolute Gasteiger partial charge is 0.497 e. The van der Waals surface area contributed by atoms with Crippen molar-refractivity contribution < 1.29 is 59.7 Å². The molecule has 2 aromatic rings. The van der Waals surface area contributed by atoms with E-state index in [0.29, 0.717) is 44.3 Å². The number of carbonyl (C=O) groups is 4. The molecule has 316 valence electrons. The van der Waals surface area contributed by atoms with E-state index in [-0.39, 0.29) is 29.5 Å². The van der Waals surface area contributed by atoms with Gasteiger partial charge in [0.05, 0.1) is 23.9 Å². The Balaban J connectivity index is 1.27. The molecule has 7 rings (SSSR count). The van der Waals surface area contributed by atoms with Crippen LogP contribution in [0.25, 0.3) is 10.9 Å². The van der Waals surface area contributed by atoms with Gasteiger partial charge in [-0.1, -0.05) is 25.0 Å². The van der Waals surface area contributed by atoms with E-state index in [1.54, 1.807) is 26.8 Å². The number of sulfonamides is 1. The van der Waals surface area contributed by atoms with Gasteiger partial charge in [0.25, 0.3) is 5.91 Å². The zero-order valence-electron chi connectivity index (χ0n) is 32.9. The van der Waals surface area contributed by atoms with Crippen molar-refractivity contribution in [3.8, 4) is 17.2 Å². The monoisotopic (exact) mass is 835 g/mol. The van der Waals surface area contributed by atoms with Crippen molar-refractivity contribution in [2.75, 3.05) is 20.3 Å². The minimum Gasteiger partial charge on any atom is -0.497 e. The first-order valence-corrected chi connectivity index (χ1v) is 20.8. The average molecular weight is 836 g/mol. The quantitative estimate of drug-likeness (QED) is 0.355. The molecule has 4 amide bonds. The number of methoxy groups -OCH3 is 1. The van der Waals surface area contributed by atoms with Crippen molar-refractivity contribution in [3.05, 3.63) is 36.0 Å². The predicted molar refractivity (Wildman–Crippen MR) is 201 cm³/mol. The van der Waals surface area contributed by atoms with Crippen LogP contribution in [0, 0.1) is 5.92 Å². The lowest BCUT2D eigenvalue weighted by Crippen LogP contribution is -2.58. The summed E-state index contributed by atoms with van der Waals surface area (Å²) >= 11 is 0. The molecule has 2 aliphatic carbocycles. The molecule has 1 spiro atoms. The summed E-state index contributed by atoms with van der Waals surface area (Å²) in [6.45, 7) is 5.61. The zero-order chi connectivity index (χ0) is 42.1. The molecule has 1 aromatic heterocycles. The first-order chi connectivity index (χ1) is 27.1. The number of hydrogen-bond donors (Lipinski definition) is 3. The molecular formula is C39H48F3N5O10S. The maximum absolute atomic E-state index is 14.7. The van der Waals surface area contributed by atoms with Crippen molar-refractivity contribution in [1.82, 2.24) is 25.2 Å². The number of ether oxygens (including phenoxy) is 4. The summed E-state index contributed by atoms with van der Waals surface area (Å²) in [4.78, 5) is 61.2. The number of carbonyl (C=O) groups excluding carboxylic acids is 4. The molecule has 3 fully saturated rings. The van der Waals surface area contributed by atoms with E-state index < -0.39 is 111 Å². The third kappa shape index (κ3) is 7.97. The molecule has 1 aromatic carbocycles. The van der Waals surface area contributed by atoms with E-state index in [4.69, 9.17) is 18.9 Å². The summed E-state index contributed by atoms with van der Waals surface area (Å²) < 4.78 is 94.5. The Hall–Kier alpha value is -4.81. The number of fused-ring (bicyclic) bond motifs is 5. The Kier molecular flexibility index (Phi) is 10.3. The Labute approximate surface area is 333 Å². The van der Waals surface area contributed by atoms with Gasteiger partial charge >= 0.3 is 12.3 Å². The normalized spacial score (nSPS) is 28.9. The van der Waals surface area contributed by atoms with Crippen molar-refractivity contribution in [2.45, 2.75) is 125 Å². The lowest BCUT2D eigenvalue weighted by Gasteiger charge is -2.36. The maximum Gasteiger partial charge on any atom is 0.437 e. The zero-order valence-corrected chi connectivity index (χ0v) is 33.7. The topological polar surface area (TPSA) is 192 Å². The molecule has 19 heteroatoms. The Morgan fingerprint density at radius 1 is 1.07 bits per heavy atom. The van der Waals surface area contributed by atoms with Crippen molar-refractivity contribution in [2.24, 2.45) is 5.92 Å². The van der Waals surface area contributed by atoms with Crippen LogP contribution in [0.15, 0.2) is 30.4 Å². The molecule has 4 heterocycles. The van der Waals surface area contributed by atoms with Crippen LogP contribution < -0.4 is 29.6 Å². The third-order valence-electron chi connectivity index (χ3n) is 11.5. The summed E-state index contributed by atoms with van der Waals surface area (Å²) in [5.74, 6) is -3.79. The number of rotatable bonds is 5. The highest BCUT2D eigenvalue weighted by Gasteiger charge is 2.64. The van der Waals surface area contributed by atoms with Gasteiger partial charge < -0.3 is 34.5 Å². The van der Waals surface area contributed by atoms with Gasteiger partial charge in [-0.15, -0.1) is 0 Å². The molecule has 3 aliphatic heterocycles. The summed E-state index contributed by atoms with van der Waals surface area (Å²) in [6, 6.07) is 1.57. The van der Waals surface area contributed by atoms with E-state index in [0.717, 1.165) is 4.90 Å². The van der Waals surface area contributed by atoms with Gasteiger partial charge in [-0.25, -0.2) is 18.2 Å². The summed E-state index contributed by atoms with van der Waals surface area (Å²) in [5.41, 5.74) is -5.78. The molecule has 58 heavy (non-hydrogen) atoms. The first-order valence-electron chi connectivity index (χ1n) is 19.4. The minimum atomic E-state index is -5.01. The number of alkyl halides is 3. The van der Waals surface area contributed by atoms with E-state index in [9.17, 15) is 40.8 Å². The Morgan fingerprint density at radius 3 is 2.48 bits per heavy atom. The molecule has 5 atom stereocenters. The van der Waals surface area contributed by atoms with E-state index in [1.165, 1.54) is 32.2 Å². The van der Waals surface area contributed by atoms with Crippen molar-refractivity contribution in [1.29, 1.82) is 0 Å². The second-order valence-electron chi connectivity index (χ2n) is 17.2. The van der Waals surface area contributed by atoms with Crippen LogP contribution in [-0.4, -0.2) is 95.9 Å². The van der Waals surface area contributed by atoms with E-state index in [1.807, 2.05) is 6.08 Å². The van der Waals surface area contributed by atoms with Gasteiger partial charge in [0, 0.05) is 17.7 Å². The fraction of sp³-hybridized carbons (Fsp3) is 0.615.